The van der Waals surface area contributed by atoms with E-state index in [4.69, 9.17) is 5.11 Å². The van der Waals surface area contributed by atoms with Gasteiger partial charge in [0.25, 0.3) is 0 Å². The van der Waals surface area contributed by atoms with Crippen LogP contribution in [0.1, 0.15) is 32.1 Å². The number of esters is 1. The van der Waals surface area contributed by atoms with Crippen molar-refractivity contribution in [1.29, 1.82) is 0 Å². The first kappa shape index (κ1) is 15.9. The van der Waals surface area contributed by atoms with E-state index >= 15 is 0 Å². The molecule has 0 amide bonds. The van der Waals surface area contributed by atoms with Crippen molar-refractivity contribution in [3.8, 4) is 0 Å². The molecular formula is C11H19NO6S. The van der Waals surface area contributed by atoms with Gasteiger partial charge >= 0.3 is 11.9 Å². The molecule has 0 atom stereocenters. The second-order valence-corrected chi connectivity index (χ2v) is 6.52. The first-order chi connectivity index (χ1) is 8.86. The van der Waals surface area contributed by atoms with E-state index in [-0.39, 0.29) is 37.6 Å². The molecule has 19 heavy (non-hydrogen) atoms. The maximum atomic E-state index is 12.1. The maximum absolute atomic E-state index is 12.1. The molecule has 1 rings (SSSR count). The Kier molecular flexibility index (Phi) is 5.74. The highest BCUT2D eigenvalue weighted by Gasteiger charge is 2.36. The molecule has 0 bridgehead atoms. The Morgan fingerprint density at radius 1 is 1.32 bits per heavy atom. The summed E-state index contributed by atoms with van der Waals surface area (Å²) in [6, 6.07) is -0.0672. The van der Waals surface area contributed by atoms with Crippen LogP contribution >= 0.6 is 0 Å². The van der Waals surface area contributed by atoms with E-state index in [9.17, 15) is 18.0 Å². The molecule has 7 nitrogen and oxygen atoms in total. The molecule has 1 aliphatic carbocycles. The number of aliphatic carboxylic acids is 1. The Balaban J connectivity index is 2.51. The first-order valence-corrected chi connectivity index (χ1v) is 7.76. The van der Waals surface area contributed by atoms with E-state index in [2.05, 4.69) is 4.74 Å². The maximum Gasteiger partial charge on any atom is 0.305 e. The van der Waals surface area contributed by atoms with Crippen molar-refractivity contribution in [3.05, 3.63) is 0 Å². The zero-order valence-corrected chi connectivity index (χ0v) is 11.7. The number of carbonyl (C=O) groups is 2. The topological polar surface area (TPSA) is 101 Å². The van der Waals surface area contributed by atoms with Gasteiger partial charge in [-0.05, 0) is 19.3 Å². The largest absolute Gasteiger partial charge is 0.481 e. The van der Waals surface area contributed by atoms with Crippen LogP contribution in [0, 0.1) is 0 Å². The molecule has 0 unspecified atom stereocenters. The average Bonchev–Trinajstić information content (AvgIpc) is 3.12. The van der Waals surface area contributed by atoms with E-state index in [1.54, 1.807) is 0 Å². The Morgan fingerprint density at radius 3 is 2.42 bits per heavy atom. The average molecular weight is 293 g/mol. The van der Waals surface area contributed by atoms with Gasteiger partial charge in [0.15, 0.2) is 0 Å². The Morgan fingerprint density at radius 2 is 1.95 bits per heavy atom. The van der Waals surface area contributed by atoms with E-state index in [0.29, 0.717) is 0 Å². The lowest BCUT2D eigenvalue weighted by molar-refractivity contribution is -0.140. The van der Waals surface area contributed by atoms with Crippen molar-refractivity contribution in [1.82, 2.24) is 4.31 Å². The van der Waals surface area contributed by atoms with Crippen LogP contribution in [0.15, 0.2) is 0 Å². The molecule has 0 radical (unpaired) electrons. The monoisotopic (exact) mass is 293 g/mol. The molecule has 0 aliphatic heterocycles. The number of rotatable bonds is 9. The zero-order chi connectivity index (χ0) is 14.5. The number of carbonyl (C=O) groups excluding carboxylic acids is 1. The molecule has 1 saturated carbocycles. The van der Waals surface area contributed by atoms with Gasteiger partial charge in [-0.2, -0.15) is 4.31 Å². The highest BCUT2D eigenvalue weighted by molar-refractivity contribution is 7.89. The summed E-state index contributed by atoms with van der Waals surface area (Å²) < 4.78 is 29.9. The number of ether oxygens (including phenoxy) is 1. The van der Waals surface area contributed by atoms with Crippen LogP contribution in [0.5, 0.6) is 0 Å². The lowest BCUT2D eigenvalue weighted by Gasteiger charge is -2.20. The van der Waals surface area contributed by atoms with Gasteiger partial charge in [-0.25, -0.2) is 8.42 Å². The van der Waals surface area contributed by atoms with E-state index < -0.39 is 22.0 Å². The van der Waals surface area contributed by atoms with Gasteiger partial charge < -0.3 is 9.84 Å². The second kappa shape index (κ2) is 6.85. The van der Waals surface area contributed by atoms with Crippen LogP contribution in [-0.2, 0) is 24.3 Å². The number of carboxylic acids is 1. The molecule has 0 aromatic heterocycles. The molecule has 0 aromatic rings. The van der Waals surface area contributed by atoms with Gasteiger partial charge in [-0.15, -0.1) is 0 Å². The molecule has 0 aromatic carbocycles. The first-order valence-electron chi connectivity index (χ1n) is 6.15. The number of hydrogen-bond donors (Lipinski definition) is 1. The Bertz CT molecular complexity index is 428. The summed E-state index contributed by atoms with van der Waals surface area (Å²) in [7, 11) is -2.25. The van der Waals surface area contributed by atoms with Crippen LogP contribution in [0.25, 0.3) is 0 Å². The minimum absolute atomic E-state index is 0.000553. The molecule has 1 aliphatic rings. The molecule has 0 saturated heterocycles. The minimum Gasteiger partial charge on any atom is -0.481 e. The molecule has 110 valence electrons. The summed E-state index contributed by atoms with van der Waals surface area (Å²) in [6.07, 6.45) is 1.58. The van der Waals surface area contributed by atoms with Crippen molar-refractivity contribution in [2.75, 3.05) is 19.4 Å². The molecule has 1 fully saturated rings. The van der Waals surface area contributed by atoms with Gasteiger partial charge in [0.2, 0.25) is 10.0 Å². The molecule has 0 heterocycles. The summed E-state index contributed by atoms with van der Waals surface area (Å²) in [5.74, 6) is -1.62. The summed E-state index contributed by atoms with van der Waals surface area (Å²) in [5, 5.41) is 8.63. The number of hydrogen-bond acceptors (Lipinski definition) is 5. The fourth-order valence-corrected chi connectivity index (χ4v) is 3.51. The second-order valence-electron chi connectivity index (χ2n) is 4.48. The van der Waals surface area contributed by atoms with Crippen molar-refractivity contribution in [2.24, 2.45) is 0 Å². The standard InChI is InChI=1S/C11H19NO6S/c1-18-11(15)3-2-8-19(16,17)12(9-4-5-9)7-6-10(13)14/h9H,2-8H2,1H3,(H,13,14). The van der Waals surface area contributed by atoms with E-state index in [1.165, 1.54) is 11.4 Å². The van der Waals surface area contributed by atoms with Gasteiger partial charge in [-0.1, -0.05) is 0 Å². The predicted octanol–water partition coefficient (Wildman–Crippen LogP) is 0.209. The van der Waals surface area contributed by atoms with Crippen LogP contribution in [0.4, 0.5) is 0 Å². The third-order valence-corrected chi connectivity index (χ3v) is 4.87. The van der Waals surface area contributed by atoms with Gasteiger partial charge in [0.1, 0.15) is 0 Å². The van der Waals surface area contributed by atoms with Gasteiger partial charge in [-0.3, -0.25) is 9.59 Å². The molecule has 8 heteroatoms. The Hall–Kier alpha value is -1.15. The summed E-state index contributed by atoms with van der Waals surface area (Å²) in [5.41, 5.74) is 0. The fraction of sp³-hybridized carbons (Fsp3) is 0.818. The summed E-state index contributed by atoms with van der Waals surface area (Å²) >= 11 is 0. The minimum atomic E-state index is -3.50. The van der Waals surface area contributed by atoms with Gasteiger partial charge in [0.05, 0.1) is 19.3 Å². The van der Waals surface area contributed by atoms with Crippen LogP contribution in [-0.4, -0.2) is 55.2 Å². The summed E-state index contributed by atoms with van der Waals surface area (Å²) in [4.78, 5) is 21.5. The van der Waals surface area contributed by atoms with Gasteiger partial charge in [0, 0.05) is 19.0 Å². The van der Waals surface area contributed by atoms with E-state index in [0.717, 1.165) is 12.8 Å². The molecule has 0 spiro atoms. The third kappa shape index (κ3) is 5.56. The van der Waals surface area contributed by atoms with Crippen molar-refractivity contribution < 1.29 is 27.9 Å². The van der Waals surface area contributed by atoms with Crippen LogP contribution < -0.4 is 0 Å². The lowest BCUT2D eigenvalue weighted by Crippen LogP contribution is -2.36. The van der Waals surface area contributed by atoms with Crippen molar-refractivity contribution >= 4 is 22.0 Å². The third-order valence-electron chi connectivity index (χ3n) is 2.87. The molecular weight excluding hydrogens is 274 g/mol. The van der Waals surface area contributed by atoms with Crippen LogP contribution in [0.3, 0.4) is 0 Å². The van der Waals surface area contributed by atoms with Crippen molar-refractivity contribution in [2.45, 2.75) is 38.1 Å². The number of nitrogens with zero attached hydrogens (tertiary/aromatic N) is 1. The Labute approximate surface area is 112 Å². The number of methoxy groups -OCH3 is 1. The number of carboxylic acid groups (broad SMARTS) is 1. The SMILES string of the molecule is COC(=O)CCCS(=O)(=O)N(CCC(=O)O)C1CC1. The highest BCUT2D eigenvalue weighted by Crippen LogP contribution is 2.29. The quantitative estimate of drug-likeness (QED) is 0.610. The highest BCUT2D eigenvalue weighted by atomic mass is 32.2. The molecule has 1 N–H and O–H groups in total. The number of sulfonamides is 1. The van der Waals surface area contributed by atoms with Crippen LogP contribution in [0.2, 0.25) is 0 Å². The lowest BCUT2D eigenvalue weighted by atomic mass is 10.3. The zero-order valence-electron chi connectivity index (χ0n) is 10.9. The van der Waals surface area contributed by atoms with E-state index in [1.807, 2.05) is 0 Å². The predicted molar refractivity (Wildman–Crippen MR) is 67.0 cm³/mol. The van der Waals surface area contributed by atoms with Crippen molar-refractivity contribution in [3.63, 3.8) is 0 Å². The fourth-order valence-electron chi connectivity index (χ4n) is 1.74. The normalized spacial score (nSPS) is 15.5. The summed E-state index contributed by atoms with van der Waals surface area (Å²) in [6.45, 7) is 0.000553. The smallest absolute Gasteiger partial charge is 0.305 e.